The monoisotopic (exact) mass is 469 g/mol. The van der Waals surface area contributed by atoms with E-state index in [1.165, 1.54) is 0 Å². The lowest BCUT2D eigenvalue weighted by molar-refractivity contribution is 0.0506. The molecule has 0 saturated heterocycles. The minimum absolute atomic E-state index is 0.123. The molecule has 2 aromatic carbocycles. The number of hydrogen-bond donors (Lipinski definition) is 2. The quantitative estimate of drug-likeness (QED) is 0.270. The van der Waals surface area contributed by atoms with Gasteiger partial charge in [0.05, 0.1) is 22.3 Å². The van der Waals surface area contributed by atoms with Crippen LogP contribution in [0.25, 0.3) is 27.8 Å². The summed E-state index contributed by atoms with van der Waals surface area (Å²) in [6.45, 7) is 7.99. The molecule has 0 fully saturated rings. The zero-order chi connectivity index (χ0) is 24.9. The lowest BCUT2D eigenvalue weighted by atomic mass is 10.1. The summed E-state index contributed by atoms with van der Waals surface area (Å²) in [5.41, 5.74) is 13.8. The molecule has 0 radical (unpaired) electrons. The van der Waals surface area contributed by atoms with E-state index in [0.29, 0.717) is 28.2 Å². The van der Waals surface area contributed by atoms with Crippen LogP contribution in [-0.4, -0.2) is 39.2 Å². The van der Waals surface area contributed by atoms with E-state index in [2.05, 4.69) is 9.97 Å². The first-order chi connectivity index (χ1) is 16.8. The van der Waals surface area contributed by atoms with Crippen molar-refractivity contribution in [3.05, 3.63) is 76.2 Å². The third-order valence-electron chi connectivity index (χ3n) is 6.39. The van der Waals surface area contributed by atoms with E-state index in [1.807, 2.05) is 74.7 Å². The number of hydrogen-bond acceptors (Lipinski definition) is 6. The number of H-pyrrole nitrogens is 1. The van der Waals surface area contributed by atoms with E-state index < -0.39 is 0 Å². The van der Waals surface area contributed by atoms with Gasteiger partial charge in [-0.25, -0.2) is 9.97 Å². The van der Waals surface area contributed by atoms with Gasteiger partial charge in [0.25, 0.3) is 0 Å². The maximum absolute atomic E-state index is 13.8. The minimum Gasteiger partial charge on any atom is -0.467 e. The van der Waals surface area contributed by atoms with Crippen molar-refractivity contribution in [1.82, 2.24) is 19.5 Å². The molecule has 0 unspecified atom stereocenters. The van der Waals surface area contributed by atoms with E-state index in [-0.39, 0.29) is 18.4 Å². The van der Waals surface area contributed by atoms with Gasteiger partial charge in [0, 0.05) is 23.8 Å². The topological polar surface area (TPSA) is 108 Å². The Morgan fingerprint density at radius 3 is 2.57 bits per heavy atom. The van der Waals surface area contributed by atoms with E-state index in [1.54, 1.807) is 7.11 Å². The molecule has 0 atom stereocenters. The molecule has 5 rings (SSSR count). The zero-order valence-electron chi connectivity index (χ0n) is 20.4. The molecule has 0 aliphatic rings. The average Bonchev–Trinajstić information content (AvgIpc) is 3.38. The molecule has 0 amide bonds. The van der Waals surface area contributed by atoms with Crippen LogP contribution in [0, 0.1) is 27.7 Å². The lowest BCUT2D eigenvalue weighted by Crippen LogP contribution is -2.10. The number of ether oxygens (including phenoxy) is 2. The van der Waals surface area contributed by atoms with Crippen LogP contribution < -0.4 is 10.5 Å². The predicted octanol–water partition coefficient (Wildman–Crippen LogP) is 4.93. The highest BCUT2D eigenvalue weighted by atomic mass is 16.7. The Labute approximate surface area is 202 Å². The molecular formula is C27H27N5O3. The number of fused-ring (bicyclic) bond motifs is 2. The van der Waals surface area contributed by atoms with Crippen molar-refractivity contribution >= 4 is 33.7 Å². The van der Waals surface area contributed by atoms with Gasteiger partial charge in [0.1, 0.15) is 17.2 Å². The van der Waals surface area contributed by atoms with Crippen molar-refractivity contribution in [1.29, 1.82) is 0 Å². The van der Waals surface area contributed by atoms with Gasteiger partial charge in [-0.3, -0.25) is 9.36 Å². The molecule has 3 N–H and O–H groups in total. The number of aromatic nitrogens is 4. The van der Waals surface area contributed by atoms with E-state index in [9.17, 15) is 4.79 Å². The van der Waals surface area contributed by atoms with Gasteiger partial charge >= 0.3 is 0 Å². The normalized spacial score (nSPS) is 11.5. The SMILES string of the molecule is COCOc1ccc(C)c(-n2c(N)c(C(=O)c3nc4ccccc4[nH]3)c3cc(C)c(C)nc32)c1C. The fourth-order valence-corrected chi connectivity index (χ4v) is 4.49. The summed E-state index contributed by atoms with van der Waals surface area (Å²) < 4.78 is 12.7. The number of methoxy groups -OCH3 is 1. The zero-order valence-corrected chi connectivity index (χ0v) is 20.4. The second-order valence-electron chi connectivity index (χ2n) is 8.69. The van der Waals surface area contributed by atoms with Crippen LogP contribution in [0.4, 0.5) is 5.82 Å². The first-order valence-electron chi connectivity index (χ1n) is 11.3. The van der Waals surface area contributed by atoms with Crippen LogP contribution in [0.5, 0.6) is 5.75 Å². The molecule has 178 valence electrons. The molecular weight excluding hydrogens is 442 g/mol. The van der Waals surface area contributed by atoms with Crippen molar-refractivity contribution in [2.24, 2.45) is 0 Å². The van der Waals surface area contributed by atoms with Gasteiger partial charge < -0.3 is 20.2 Å². The van der Waals surface area contributed by atoms with Crippen molar-refractivity contribution < 1.29 is 14.3 Å². The fraction of sp³-hybridized carbons (Fsp3) is 0.222. The smallest absolute Gasteiger partial charge is 0.232 e. The van der Waals surface area contributed by atoms with Crippen molar-refractivity contribution in [2.45, 2.75) is 27.7 Å². The summed E-state index contributed by atoms with van der Waals surface area (Å²) in [4.78, 5) is 26.3. The number of aromatic amines is 1. The number of anilines is 1. The summed E-state index contributed by atoms with van der Waals surface area (Å²) in [6.07, 6.45) is 0. The third kappa shape index (κ3) is 3.63. The standard InChI is InChI=1S/C27H27N5O3/c1-14-10-11-21(35-13-34-5)16(3)23(14)32-25(28)22(18-12-15(2)17(4)29-27(18)32)24(33)26-30-19-8-6-7-9-20(19)31-26/h6-12H,13,28H2,1-5H3,(H,30,31). The van der Waals surface area contributed by atoms with Crippen LogP contribution in [-0.2, 0) is 4.74 Å². The van der Waals surface area contributed by atoms with Crippen molar-refractivity contribution in [2.75, 3.05) is 19.6 Å². The number of rotatable bonds is 6. The predicted molar refractivity (Wildman–Crippen MR) is 136 cm³/mol. The van der Waals surface area contributed by atoms with E-state index >= 15 is 0 Å². The summed E-state index contributed by atoms with van der Waals surface area (Å²) >= 11 is 0. The number of nitrogen functional groups attached to an aromatic ring is 1. The highest BCUT2D eigenvalue weighted by molar-refractivity contribution is 6.19. The number of imidazole rings is 1. The van der Waals surface area contributed by atoms with E-state index in [0.717, 1.165) is 39.1 Å². The number of para-hydroxylation sites is 2. The molecule has 8 nitrogen and oxygen atoms in total. The Balaban J connectivity index is 1.79. The Morgan fingerprint density at radius 1 is 1.06 bits per heavy atom. The minimum atomic E-state index is -0.283. The maximum Gasteiger partial charge on any atom is 0.232 e. The number of pyridine rings is 1. The molecule has 3 aromatic heterocycles. The Kier molecular flexibility index (Phi) is 5.53. The molecule has 0 bridgehead atoms. The van der Waals surface area contributed by atoms with Gasteiger partial charge in [-0.05, 0) is 63.1 Å². The number of nitrogens with zero attached hydrogens (tertiary/aromatic N) is 3. The van der Waals surface area contributed by atoms with Crippen LogP contribution in [0.2, 0.25) is 0 Å². The second kappa shape index (κ2) is 8.56. The number of nitrogens with two attached hydrogens (primary N) is 1. The molecule has 5 aromatic rings. The fourth-order valence-electron chi connectivity index (χ4n) is 4.49. The van der Waals surface area contributed by atoms with Crippen LogP contribution in [0.15, 0.2) is 42.5 Å². The van der Waals surface area contributed by atoms with Gasteiger partial charge in [-0.2, -0.15) is 0 Å². The summed E-state index contributed by atoms with van der Waals surface area (Å²) in [5.74, 6) is 0.927. The Morgan fingerprint density at radius 2 is 1.83 bits per heavy atom. The first-order valence-corrected chi connectivity index (χ1v) is 11.3. The summed E-state index contributed by atoms with van der Waals surface area (Å²) in [7, 11) is 1.58. The molecule has 0 aliphatic carbocycles. The molecule has 8 heteroatoms. The van der Waals surface area contributed by atoms with Gasteiger partial charge in [0.15, 0.2) is 12.6 Å². The maximum atomic E-state index is 13.8. The van der Waals surface area contributed by atoms with Crippen molar-refractivity contribution in [3.8, 4) is 11.4 Å². The number of carbonyl (C=O) groups is 1. The molecule has 3 heterocycles. The summed E-state index contributed by atoms with van der Waals surface area (Å²) in [6, 6.07) is 13.4. The van der Waals surface area contributed by atoms with Crippen LogP contribution in [0.1, 0.15) is 38.6 Å². The number of benzene rings is 2. The van der Waals surface area contributed by atoms with Gasteiger partial charge in [-0.1, -0.05) is 18.2 Å². The third-order valence-corrected chi connectivity index (χ3v) is 6.39. The molecule has 0 spiro atoms. The van der Waals surface area contributed by atoms with Gasteiger partial charge in [-0.15, -0.1) is 0 Å². The molecule has 0 aliphatic heterocycles. The van der Waals surface area contributed by atoms with Crippen LogP contribution in [0.3, 0.4) is 0 Å². The highest BCUT2D eigenvalue weighted by Gasteiger charge is 2.28. The van der Waals surface area contributed by atoms with Crippen molar-refractivity contribution in [3.63, 3.8) is 0 Å². The number of nitrogens with one attached hydrogen (secondary N) is 1. The lowest BCUT2D eigenvalue weighted by Gasteiger charge is -2.18. The van der Waals surface area contributed by atoms with E-state index in [4.69, 9.17) is 20.2 Å². The number of ketones is 1. The summed E-state index contributed by atoms with van der Waals surface area (Å²) in [5, 5.41) is 0.679. The Bertz CT molecular complexity index is 1580. The molecule has 35 heavy (non-hydrogen) atoms. The largest absolute Gasteiger partial charge is 0.467 e. The number of aryl methyl sites for hydroxylation is 3. The van der Waals surface area contributed by atoms with Crippen LogP contribution >= 0.6 is 0 Å². The first kappa shape index (κ1) is 22.6. The average molecular weight is 470 g/mol. The molecule has 0 saturated carbocycles. The number of carbonyl (C=O) groups excluding carboxylic acids is 1. The van der Waals surface area contributed by atoms with Gasteiger partial charge in [0.2, 0.25) is 5.78 Å². The highest BCUT2D eigenvalue weighted by Crippen LogP contribution is 2.37. The Hall–Kier alpha value is -4.17. The second-order valence-corrected chi connectivity index (χ2v) is 8.69.